The first-order valence-corrected chi connectivity index (χ1v) is 10.9. The van der Waals surface area contributed by atoms with Gasteiger partial charge in [-0.25, -0.2) is 0 Å². The van der Waals surface area contributed by atoms with Crippen LogP contribution in [0.2, 0.25) is 0 Å². The Balaban J connectivity index is 1.83. The van der Waals surface area contributed by atoms with Gasteiger partial charge in [-0.05, 0) is 36.6 Å². The van der Waals surface area contributed by atoms with Crippen molar-refractivity contribution in [1.82, 2.24) is 10.2 Å². The van der Waals surface area contributed by atoms with Crippen LogP contribution >= 0.6 is 0 Å². The lowest BCUT2D eigenvalue weighted by molar-refractivity contribution is -0.143. The van der Waals surface area contributed by atoms with Crippen LogP contribution in [0.25, 0.3) is 0 Å². The van der Waals surface area contributed by atoms with Crippen LogP contribution in [-0.4, -0.2) is 37.5 Å². The third-order valence-electron chi connectivity index (χ3n) is 5.90. The summed E-state index contributed by atoms with van der Waals surface area (Å²) in [6, 6.07) is 15.1. The average molecular weight is 425 g/mol. The summed E-state index contributed by atoms with van der Waals surface area (Å²) in [4.78, 5) is 28.0. The number of piperidine rings is 1. The second kappa shape index (κ2) is 10.8. The first-order chi connectivity index (χ1) is 15.1. The normalized spacial score (nSPS) is 18.5. The van der Waals surface area contributed by atoms with Crippen molar-refractivity contribution >= 4 is 11.8 Å². The van der Waals surface area contributed by atoms with E-state index in [2.05, 4.69) is 12.2 Å². The molecule has 0 aliphatic carbocycles. The van der Waals surface area contributed by atoms with Gasteiger partial charge in [0.1, 0.15) is 11.5 Å². The summed E-state index contributed by atoms with van der Waals surface area (Å²) in [5, 5.41) is 3.08. The van der Waals surface area contributed by atoms with Crippen LogP contribution in [0.4, 0.5) is 0 Å². The summed E-state index contributed by atoms with van der Waals surface area (Å²) >= 11 is 0. The SMILES string of the molecule is CCCCN1C(=O)CC[C@H](C(=O)NCc2ccccc2OC)[C@@H]1c1ccc(OC)cc1. The molecule has 1 aliphatic heterocycles. The summed E-state index contributed by atoms with van der Waals surface area (Å²) < 4.78 is 10.7. The third kappa shape index (κ3) is 5.37. The molecule has 2 atom stereocenters. The molecule has 1 aliphatic rings. The number of benzene rings is 2. The maximum absolute atomic E-state index is 13.3. The smallest absolute Gasteiger partial charge is 0.225 e. The Kier molecular flexibility index (Phi) is 7.93. The quantitative estimate of drug-likeness (QED) is 0.658. The molecule has 1 N–H and O–H groups in total. The number of nitrogens with one attached hydrogen (secondary N) is 1. The fourth-order valence-electron chi connectivity index (χ4n) is 4.20. The molecule has 0 radical (unpaired) electrons. The summed E-state index contributed by atoms with van der Waals surface area (Å²) in [5.41, 5.74) is 1.89. The van der Waals surface area contributed by atoms with Crippen molar-refractivity contribution in [2.24, 2.45) is 5.92 Å². The molecule has 1 saturated heterocycles. The summed E-state index contributed by atoms with van der Waals surface area (Å²) in [5.74, 6) is 1.27. The van der Waals surface area contributed by atoms with E-state index in [0.717, 1.165) is 35.5 Å². The molecule has 6 nitrogen and oxygen atoms in total. The van der Waals surface area contributed by atoms with E-state index in [1.165, 1.54) is 0 Å². The fraction of sp³-hybridized carbons (Fsp3) is 0.440. The monoisotopic (exact) mass is 424 g/mol. The minimum absolute atomic E-state index is 0.0410. The lowest BCUT2D eigenvalue weighted by Crippen LogP contribution is -2.48. The van der Waals surface area contributed by atoms with Crippen LogP contribution in [0.5, 0.6) is 11.5 Å². The minimum atomic E-state index is -0.308. The maximum atomic E-state index is 13.3. The van der Waals surface area contributed by atoms with Gasteiger partial charge in [0, 0.05) is 25.1 Å². The predicted molar refractivity (Wildman–Crippen MR) is 120 cm³/mol. The van der Waals surface area contributed by atoms with Crippen molar-refractivity contribution in [2.45, 2.75) is 45.2 Å². The minimum Gasteiger partial charge on any atom is -0.497 e. The van der Waals surface area contributed by atoms with Crippen molar-refractivity contribution in [3.8, 4) is 11.5 Å². The molecular formula is C25H32N2O4. The van der Waals surface area contributed by atoms with Crippen LogP contribution in [0.1, 0.15) is 49.8 Å². The Morgan fingerprint density at radius 2 is 1.84 bits per heavy atom. The second-order valence-corrected chi connectivity index (χ2v) is 7.83. The Morgan fingerprint density at radius 3 is 2.52 bits per heavy atom. The van der Waals surface area contributed by atoms with E-state index in [-0.39, 0.29) is 23.8 Å². The highest BCUT2D eigenvalue weighted by atomic mass is 16.5. The van der Waals surface area contributed by atoms with Crippen molar-refractivity contribution in [1.29, 1.82) is 0 Å². The standard InChI is InChI=1S/C25H32N2O4/c1-4-5-16-27-23(28)15-14-21(24(27)18-10-12-20(30-2)13-11-18)25(29)26-17-19-8-6-7-9-22(19)31-3/h6-13,21,24H,4-5,14-17H2,1-3H3,(H,26,29)/t21-,24-/m0/s1. The number of carbonyl (C=O) groups excluding carboxylic acids is 2. The van der Waals surface area contributed by atoms with Crippen molar-refractivity contribution in [2.75, 3.05) is 20.8 Å². The van der Waals surface area contributed by atoms with Gasteiger partial charge >= 0.3 is 0 Å². The Morgan fingerprint density at radius 1 is 1.10 bits per heavy atom. The molecule has 2 amide bonds. The molecule has 0 saturated carbocycles. The van der Waals surface area contributed by atoms with Crippen LogP contribution in [-0.2, 0) is 16.1 Å². The van der Waals surface area contributed by atoms with E-state index in [4.69, 9.17) is 9.47 Å². The van der Waals surface area contributed by atoms with Gasteiger partial charge in [0.2, 0.25) is 11.8 Å². The zero-order valence-electron chi connectivity index (χ0n) is 18.6. The largest absolute Gasteiger partial charge is 0.497 e. The zero-order chi connectivity index (χ0) is 22.2. The molecule has 31 heavy (non-hydrogen) atoms. The Labute approximate surface area is 184 Å². The highest BCUT2D eigenvalue weighted by molar-refractivity contribution is 5.85. The first-order valence-electron chi connectivity index (χ1n) is 10.9. The maximum Gasteiger partial charge on any atom is 0.225 e. The topological polar surface area (TPSA) is 67.9 Å². The molecule has 2 aromatic carbocycles. The van der Waals surface area contributed by atoms with Crippen LogP contribution in [0.15, 0.2) is 48.5 Å². The molecule has 6 heteroatoms. The number of nitrogens with zero attached hydrogens (tertiary/aromatic N) is 1. The van der Waals surface area contributed by atoms with Crippen LogP contribution in [0, 0.1) is 5.92 Å². The average Bonchev–Trinajstić information content (AvgIpc) is 2.81. The number of hydrogen-bond donors (Lipinski definition) is 1. The molecule has 0 unspecified atom stereocenters. The predicted octanol–water partition coefficient (Wildman–Crippen LogP) is 4.10. The zero-order valence-corrected chi connectivity index (χ0v) is 18.6. The molecule has 0 aromatic heterocycles. The van der Waals surface area contributed by atoms with E-state index < -0.39 is 0 Å². The molecule has 1 heterocycles. The fourth-order valence-corrected chi connectivity index (χ4v) is 4.20. The number of methoxy groups -OCH3 is 2. The summed E-state index contributed by atoms with van der Waals surface area (Å²) in [7, 11) is 3.25. The van der Waals surface area contributed by atoms with Crippen LogP contribution < -0.4 is 14.8 Å². The number of ether oxygens (including phenoxy) is 2. The highest BCUT2D eigenvalue weighted by Gasteiger charge is 2.40. The van der Waals surface area contributed by atoms with Gasteiger partial charge in [-0.2, -0.15) is 0 Å². The number of likely N-dealkylation sites (tertiary alicyclic amines) is 1. The number of carbonyl (C=O) groups is 2. The van der Waals surface area contributed by atoms with E-state index >= 15 is 0 Å². The van der Waals surface area contributed by atoms with E-state index in [1.807, 2.05) is 53.4 Å². The van der Waals surface area contributed by atoms with Gasteiger partial charge in [-0.1, -0.05) is 43.7 Å². The molecular weight excluding hydrogens is 392 g/mol. The molecule has 2 aromatic rings. The van der Waals surface area contributed by atoms with Gasteiger partial charge in [0.05, 0.1) is 26.2 Å². The number of amides is 2. The van der Waals surface area contributed by atoms with E-state index in [9.17, 15) is 9.59 Å². The summed E-state index contributed by atoms with van der Waals surface area (Å²) in [6.45, 7) is 3.15. The number of hydrogen-bond acceptors (Lipinski definition) is 4. The third-order valence-corrected chi connectivity index (χ3v) is 5.90. The van der Waals surface area contributed by atoms with Gasteiger partial charge in [-0.15, -0.1) is 0 Å². The summed E-state index contributed by atoms with van der Waals surface area (Å²) in [6.07, 6.45) is 2.83. The number of para-hydroxylation sites is 1. The number of rotatable bonds is 9. The van der Waals surface area contributed by atoms with E-state index in [0.29, 0.717) is 25.9 Å². The first kappa shape index (κ1) is 22.7. The van der Waals surface area contributed by atoms with Crippen molar-refractivity contribution in [3.05, 3.63) is 59.7 Å². The molecule has 0 bridgehead atoms. The van der Waals surface area contributed by atoms with Crippen LogP contribution in [0.3, 0.4) is 0 Å². The molecule has 3 rings (SSSR count). The molecule has 166 valence electrons. The lowest BCUT2D eigenvalue weighted by atomic mass is 9.83. The van der Waals surface area contributed by atoms with Gasteiger partial charge in [0.25, 0.3) is 0 Å². The highest BCUT2D eigenvalue weighted by Crippen LogP contribution is 2.38. The van der Waals surface area contributed by atoms with Crippen molar-refractivity contribution in [3.63, 3.8) is 0 Å². The van der Waals surface area contributed by atoms with Gasteiger partial charge in [0.15, 0.2) is 0 Å². The van der Waals surface area contributed by atoms with E-state index in [1.54, 1.807) is 14.2 Å². The Bertz CT molecular complexity index is 881. The van der Waals surface area contributed by atoms with Gasteiger partial charge < -0.3 is 19.7 Å². The molecule has 1 fully saturated rings. The van der Waals surface area contributed by atoms with Gasteiger partial charge in [-0.3, -0.25) is 9.59 Å². The molecule has 0 spiro atoms. The number of unbranched alkanes of at least 4 members (excludes halogenated alkanes) is 1. The Hall–Kier alpha value is -3.02. The second-order valence-electron chi connectivity index (χ2n) is 7.83. The lowest BCUT2D eigenvalue weighted by Gasteiger charge is -2.41. The van der Waals surface area contributed by atoms with Crippen molar-refractivity contribution < 1.29 is 19.1 Å².